The van der Waals surface area contributed by atoms with Crippen LogP contribution in [0.1, 0.15) is 51.2 Å². The number of carbonyl (C=O) groups excluding carboxylic acids is 1. The zero-order valence-corrected chi connectivity index (χ0v) is 14.8. The number of aryl methyl sites for hydroxylation is 1. The zero-order chi connectivity index (χ0) is 16.9. The van der Waals surface area contributed by atoms with E-state index in [1.807, 2.05) is 34.6 Å². The summed E-state index contributed by atoms with van der Waals surface area (Å²) in [6, 6.07) is 0. The lowest BCUT2D eigenvalue weighted by Gasteiger charge is -2.09. The summed E-state index contributed by atoms with van der Waals surface area (Å²) in [7, 11) is 0. The number of thiazole rings is 1. The lowest BCUT2D eigenvalue weighted by Crippen LogP contribution is -2.28. The first-order valence-electron chi connectivity index (χ1n) is 7.47. The number of ether oxygens (including phenoxy) is 1. The number of esters is 1. The number of fused-ring (bicyclic) bond motifs is 1. The van der Waals surface area contributed by atoms with Crippen LogP contribution in [-0.4, -0.2) is 27.3 Å². The molecule has 0 aromatic carbocycles. The van der Waals surface area contributed by atoms with Gasteiger partial charge in [0.2, 0.25) is 0 Å². The first kappa shape index (κ1) is 18.3. The smallest absolute Gasteiger partial charge is 0.327 e. The Morgan fingerprint density at radius 1 is 1.36 bits per heavy atom. The molecule has 2 aromatic rings. The number of nitrogens with zero attached hydrogens (tertiary/aromatic N) is 3. The predicted molar refractivity (Wildman–Crippen MR) is 88.5 cm³/mol. The van der Waals surface area contributed by atoms with E-state index in [0.717, 1.165) is 10.7 Å². The minimum atomic E-state index is -0.461. The summed E-state index contributed by atoms with van der Waals surface area (Å²) in [4.78, 5) is 28.3. The van der Waals surface area contributed by atoms with Crippen LogP contribution in [0, 0.1) is 6.92 Å². The third kappa shape index (κ3) is 3.91. The van der Waals surface area contributed by atoms with Crippen LogP contribution in [0.4, 0.5) is 0 Å². The molecule has 0 atom stereocenters. The fraction of sp³-hybridized carbons (Fsp3) is 0.600. The molecule has 2 heterocycles. The summed E-state index contributed by atoms with van der Waals surface area (Å²) >= 11 is 1.33. The molecule has 0 N–H and O–H groups in total. The van der Waals surface area contributed by atoms with Crippen molar-refractivity contribution in [3.8, 4) is 0 Å². The molecule has 0 bridgehead atoms. The molecular weight excluding hydrogens is 302 g/mol. The van der Waals surface area contributed by atoms with Crippen molar-refractivity contribution in [1.29, 1.82) is 0 Å². The maximum Gasteiger partial charge on any atom is 0.327 e. The second kappa shape index (κ2) is 8.03. The first-order chi connectivity index (χ1) is 10.4. The Labute approximate surface area is 134 Å². The highest BCUT2D eigenvalue weighted by atomic mass is 32.1. The van der Waals surface area contributed by atoms with Crippen molar-refractivity contribution in [1.82, 2.24) is 14.8 Å². The fourth-order valence-electron chi connectivity index (χ4n) is 1.91. The molecular formula is C15H23N3O3S. The molecule has 0 saturated heterocycles. The lowest BCUT2D eigenvalue weighted by atomic mass is 10.1. The molecule has 6 nitrogen and oxygen atoms in total. The Kier molecular flexibility index (Phi) is 6.67. The normalized spacial score (nSPS) is 10.5. The second-order valence-electron chi connectivity index (χ2n) is 4.72. The predicted octanol–water partition coefficient (Wildman–Crippen LogP) is 2.87. The Hall–Kier alpha value is -1.76. The lowest BCUT2D eigenvalue weighted by molar-refractivity contribution is -0.144. The van der Waals surface area contributed by atoms with Gasteiger partial charge in [-0.05, 0) is 19.8 Å². The van der Waals surface area contributed by atoms with Gasteiger partial charge in [-0.15, -0.1) is 11.3 Å². The van der Waals surface area contributed by atoms with E-state index in [1.54, 1.807) is 6.92 Å². The average molecular weight is 325 g/mol. The van der Waals surface area contributed by atoms with Crippen molar-refractivity contribution >= 4 is 27.5 Å². The summed E-state index contributed by atoms with van der Waals surface area (Å²) in [5.74, 6) is -0.342. The van der Waals surface area contributed by atoms with E-state index in [4.69, 9.17) is 4.74 Å². The molecule has 0 fully saturated rings. The fourth-order valence-corrected chi connectivity index (χ4v) is 2.78. The van der Waals surface area contributed by atoms with Crippen molar-refractivity contribution in [3.63, 3.8) is 0 Å². The highest BCUT2D eigenvalue weighted by Gasteiger charge is 2.18. The molecule has 0 saturated carbocycles. The minimum absolute atomic E-state index is 0.119. The van der Waals surface area contributed by atoms with Crippen LogP contribution >= 0.6 is 11.3 Å². The van der Waals surface area contributed by atoms with E-state index in [1.165, 1.54) is 16.0 Å². The van der Waals surface area contributed by atoms with Gasteiger partial charge >= 0.3 is 5.97 Å². The number of aromatic nitrogens is 3. The van der Waals surface area contributed by atoms with Crippen molar-refractivity contribution in [2.45, 2.75) is 54.0 Å². The molecule has 0 amide bonds. The quantitative estimate of drug-likeness (QED) is 0.808. The number of hydrogen-bond acceptors (Lipinski definition) is 6. The SMILES string of the molecule is CC.CCOC(=O)Cn1nc(C(C)C)c2nc(C)sc2c1=O. The van der Waals surface area contributed by atoms with Gasteiger partial charge in [0.15, 0.2) is 0 Å². The number of hydrogen-bond donors (Lipinski definition) is 0. The Bertz CT molecular complexity index is 704. The molecule has 0 aliphatic carbocycles. The van der Waals surface area contributed by atoms with Gasteiger partial charge in [-0.1, -0.05) is 27.7 Å². The topological polar surface area (TPSA) is 74.1 Å². The van der Waals surface area contributed by atoms with Gasteiger partial charge in [-0.2, -0.15) is 5.10 Å². The summed E-state index contributed by atoms with van der Waals surface area (Å²) in [6.45, 7) is 11.7. The van der Waals surface area contributed by atoms with Gasteiger partial charge in [0.1, 0.15) is 16.8 Å². The van der Waals surface area contributed by atoms with Gasteiger partial charge in [0, 0.05) is 0 Å². The van der Waals surface area contributed by atoms with E-state index in [-0.39, 0.29) is 24.6 Å². The summed E-state index contributed by atoms with van der Waals surface area (Å²) in [6.07, 6.45) is 0. The maximum absolute atomic E-state index is 12.3. The van der Waals surface area contributed by atoms with E-state index in [0.29, 0.717) is 10.2 Å². The van der Waals surface area contributed by atoms with Crippen LogP contribution < -0.4 is 5.56 Å². The van der Waals surface area contributed by atoms with Crippen LogP contribution in [0.15, 0.2) is 4.79 Å². The maximum atomic E-state index is 12.3. The molecule has 22 heavy (non-hydrogen) atoms. The van der Waals surface area contributed by atoms with Gasteiger partial charge in [0.05, 0.1) is 17.3 Å². The third-order valence-electron chi connectivity index (χ3n) is 2.76. The monoisotopic (exact) mass is 325 g/mol. The standard InChI is InChI=1S/C13H17N3O3S.C2H6/c1-5-19-9(17)6-16-13(18)12-11(14-8(4)20-12)10(15-16)7(2)3;1-2/h7H,5-6H2,1-4H3;1-2H3. The molecule has 122 valence electrons. The Morgan fingerprint density at radius 3 is 2.55 bits per heavy atom. The van der Waals surface area contributed by atoms with Crippen molar-refractivity contribution < 1.29 is 9.53 Å². The summed E-state index contributed by atoms with van der Waals surface area (Å²) in [5, 5.41) is 5.10. The molecule has 0 aliphatic rings. The van der Waals surface area contributed by atoms with Crippen LogP contribution in [0.5, 0.6) is 0 Å². The molecule has 0 radical (unpaired) electrons. The summed E-state index contributed by atoms with van der Waals surface area (Å²) < 4.78 is 6.59. The van der Waals surface area contributed by atoms with E-state index < -0.39 is 5.97 Å². The van der Waals surface area contributed by atoms with Crippen LogP contribution in [0.2, 0.25) is 0 Å². The number of rotatable bonds is 4. The highest BCUT2D eigenvalue weighted by Crippen LogP contribution is 2.24. The summed E-state index contributed by atoms with van der Waals surface area (Å²) in [5.41, 5.74) is 1.09. The number of carbonyl (C=O) groups is 1. The minimum Gasteiger partial charge on any atom is -0.465 e. The van der Waals surface area contributed by atoms with E-state index in [2.05, 4.69) is 10.1 Å². The zero-order valence-electron chi connectivity index (χ0n) is 14.0. The largest absolute Gasteiger partial charge is 0.465 e. The van der Waals surface area contributed by atoms with E-state index >= 15 is 0 Å². The van der Waals surface area contributed by atoms with Crippen LogP contribution in [-0.2, 0) is 16.1 Å². The molecule has 7 heteroatoms. The van der Waals surface area contributed by atoms with Crippen molar-refractivity contribution in [3.05, 3.63) is 21.1 Å². The molecule has 2 aromatic heterocycles. The van der Waals surface area contributed by atoms with Crippen molar-refractivity contribution in [2.75, 3.05) is 6.61 Å². The Morgan fingerprint density at radius 2 is 2.00 bits per heavy atom. The second-order valence-corrected chi connectivity index (χ2v) is 5.92. The average Bonchev–Trinajstić information content (AvgIpc) is 2.86. The Balaban J connectivity index is 0.00000116. The molecule has 2 rings (SSSR count). The third-order valence-corrected chi connectivity index (χ3v) is 3.72. The first-order valence-corrected chi connectivity index (χ1v) is 8.29. The molecule has 0 unspecified atom stereocenters. The molecule has 0 spiro atoms. The van der Waals surface area contributed by atoms with E-state index in [9.17, 15) is 9.59 Å². The van der Waals surface area contributed by atoms with Gasteiger partial charge in [0.25, 0.3) is 5.56 Å². The van der Waals surface area contributed by atoms with Gasteiger partial charge in [-0.3, -0.25) is 9.59 Å². The van der Waals surface area contributed by atoms with Gasteiger partial charge in [-0.25, -0.2) is 9.67 Å². The molecule has 0 aliphatic heterocycles. The highest BCUT2D eigenvalue weighted by molar-refractivity contribution is 7.18. The van der Waals surface area contributed by atoms with Crippen LogP contribution in [0.3, 0.4) is 0 Å². The van der Waals surface area contributed by atoms with Gasteiger partial charge < -0.3 is 4.74 Å². The van der Waals surface area contributed by atoms with Crippen LogP contribution in [0.25, 0.3) is 10.2 Å². The van der Waals surface area contributed by atoms with Crippen molar-refractivity contribution in [2.24, 2.45) is 0 Å².